The normalized spacial score (nSPS) is 29.9. The van der Waals surface area contributed by atoms with E-state index in [4.69, 9.17) is 0 Å². The number of piperidine rings is 1. The second kappa shape index (κ2) is 6.05. The van der Waals surface area contributed by atoms with E-state index >= 15 is 0 Å². The third-order valence-electron chi connectivity index (χ3n) is 4.77. The van der Waals surface area contributed by atoms with Gasteiger partial charge in [0.15, 0.2) is 0 Å². The average molecular weight is 252 g/mol. The summed E-state index contributed by atoms with van der Waals surface area (Å²) >= 11 is 0. The Labute approximate surface area is 111 Å². The Bertz CT molecular complexity index is 280. The number of amides is 1. The maximum Gasteiger partial charge on any atom is 0.227 e. The zero-order valence-corrected chi connectivity index (χ0v) is 11.9. The van der Waals surface area contributed by atoms with Gasteiger partial charge in [-0.25, -0.2) is 0 Å². The fraction of sp³-hybridized carbons (Fsp3) is 0.933. The van der Waals surface area contributed by atoms with E-state index in [1.165, 1.54) is 19.3 Å². The van der Waals surface area contributed by atoms with Gasteiger partial charge in [-0.3, -0.25) is 4.79 Å². The van der Waals surface area contributed by atoms with Crippen molar-refractivity contribution >= 4 is 5.91 Å². The molecule has 1 aliphatic heterocycles. The van der Waals surface area contributed by atoms with Gasteiger partial charge in [0.2, 0.25) is 5.91 Å². The molecule has 104 valence electrons. The third kappa shape index (κ3) is 3.25. The van der Waals surface area contributed by atoms with Gasteiger partial charge < -0.3 is 10.6 Å². The van der Waals surface area contributed by atoms with E-state index in [9.17, 15) is 4.79 Å². The Kier molecular flexibility index (Phi) is 4.66. The molecule has 0 aromatic carbocycles. The van der Waals surface area contributed by atoms with Crippen LogP contribution in [0.25, 0.3) is 0 Å². The van der Waals surface area contributed by atoms with Crippen LogP contribution in [0.3, 0.4) is 0 Å². The van der Waals surface area contributed by atoms with Crippen molar-refractivity contribution in [2.24, 2.45) is 11.3 Å². The Balaban J connectivity index is 1.90. The van der Waals surface area contributed by atoms with Gasteiger partial charge >= 0.3 is 0 Å². The SMILES string of the molecule is CCC(CC1CC1)NC(=O)C1(CC)CCCNC1. The van der Waals surface area contributed by atoms with Crippen LogP contribution in [0.1, 0.15) is 58.8 Å². The van der Waals surface area contributed by atoms with Crippen molar-refractivity contribution in [3.63, 3.8) is 0 Å². The lowest BCUT2D eigenvalue weighted by Gasteiger charge is -2.36. The van der Waals surface area contributed by atoms with Crippen LogP contribution in [-0.4, -0.2) is 25.0 Å². The monoisotopic (exact) mass is 252 g/mol. The molecule has 1 saturated heterocycles. The summed E-state index contributed by atoms with van der Waals surface area (Å²) in [4.78, 5) is 12.6. The zero-order valence-electron chi connectivity index (χ0n) is 11.9. The lowest BCUT2D eigenvalue weighted by Crippen LogP contribution is -2.52. The van der Waals surface area contributed by atoms with Crippen LogP contribution in [0.15, 0.2) is 0 Å². The van der Waals surface area contributed by atoms with Crippen LogP contribution in [0.4, 0.5) is 0 Å². The Morgan fingerprint density at radius 1 is 1.44 bits per heavy atom. The van der Waals surface area contributed by atoms with E-state index < -0.39 is 0 Å². The summed E-state index contributed by atoms with van der Waals surface area (Å²) in [5.41, 5.74) is -0.144. The summed E-state index contributed by atoms with van der Waals surface area (Å²) < 4.78 is 0. The Hall–Kier alpha value is -0.570. The predicted octanol–water partition coefficient (Wildman–Crippen LogP) is 2.46. The standard InChI is InChI=1S/C15H28N2O/c1-3-13(10-12-6-7-12)17-14(18)15(4-2)8-5-9-16-11-15/h12-13,16H,3-11H2,1-2H3,(H,17,18). The smallest absolute Gasteiger partial charge is 0.227 e. The minimum atomic E-state index is -0.144. The summed E-state index contributed by atoms with van der Waals surface area (Å²) in [6.07, 6.45) is 8.11. The van der Waals surface area contributed by atoms with Gasteiger partial charge in [-0.1, -0.05) is 26.7 Å². The van der Waals surface area contributed by atoms with Crippen molar-refractivity contribution in [3.05, 3.63) is 0 Å². The number of rotatable bonds is 6. The molecule has 0 aromatic heterocycles. The van der Waals surface area contributed by atoms with Crippen molar-refractivity contribution in [1.29, 1.82) is 0 Å². The van der Waals surface area contributed by atoms with Crippen LogP contribution >= 0.6 is 0 Å². The fourth-order valence-corrected chi connectivity index (χ4v) is 3.05. The van der Waals surface area contributed by atoms with E-state index in [1.54, 1.807) is 0 Å². The van der Waals surface area contributed by atoms with Gasteiger partial charge in [-0.05, 0) is 44.6 Å². The first-order valence-electron chi connectivity index (χ1n) is 7.72. The van der Waals surface area contributed by atoms with E-state index in [2.05, 4.69) is 24.5 Å². The van der Waals surface area contributed by atoms with Crippen molar-refractivity contribution in [2.45, 2.75) is 64.8 Å². The molecule has 0 bridgehead atoms. The molecular formula is C15H28N2O. The quantitative estimate of drug-likeness (QED) is 0.762. The van der Waals surface area contributed by atoms with Crippen molar-refractivity contribution in [2.75, 3.05) is 13.1 Å². The van der Waals surface area contributed by atoms with Crippen LogP contribution in [-0.2, 0) is 4.79 Å². The van der Waals surface area contributed by atoms with E-state index in [-0.39, 0.29) is 5.41 Å². The van der Waals surface area contributed by atoms with Crippen LogP contribution in [0.2, 0.25) is 0 Å². The minimum absolute atomic E-state index is 0.144. The molecule has 1 amide bonds. The topological polar surface area (TPSA) is 41.1 Å². The third-order valence-corrected chi connectivity index (χ3v) is 4.77. The second-order valence-electron chi connectivity index (χ2n) is 6.17. The predicted molar refractivity (Wildman–Crippen MR) is 74.4 cm³/mol. The van der Waals surface area contributed by atoms with Gasteiger partial charge in [-0.2, -0.15) is 0 Å². The number of nitrogens with one attached hydrogen (secondary N) is 2. The average Bonchev–Trinajstić information content (AvgIpc) is 3.22. The molecule has 1 aliphatic carbocycles. The van der Waals surface area contributed by atoms with Gasteiger partial charge in [0.1, 0.15) is 0 Å². The molecule has 3 nitrogen and oxygen atoms in total. The van der Waals surface area contributed by atoms with Gasteiger partial charge in [0, 0.05) is 12.6 Å². The molecule has 2 aliphatic rings. The van der Waals surface area contributed by atoms with Gasteiger partial charge in [0.25, 0.3) is 0 Å². The van der Waals surface area contributed by atoms with E-state index in [0.717, 1.165) is 44.7 Å². The van der Waals surface area contributed by atoms with Crippen LogP contribution in [0, 0.1) is 11.3 Å². The van der Waals surface area contributed by atoms with Crippen LogP contribution in [0.5, 0.6) is 0 Å². The van der Waals surface area contributed by atoms with Crippen molar-refractivity contribution in [3.8, 4) is 0 Å². The number of carbonyl (C=O) groups excluding carboxylic acids is 1. The highest BCUT2D eigenvalue weighted by atomic mass is 16.2. The summed E-state index contributed by atoms with van der Waals surface area (Å²) in [6, 6.07) is 0.398. The molecule has 0 aromatic rings. The zero-order chi connectivity index (χ0) is 13.0. The molecule has 18 heavy (non-hydrogen) atoms. The lowest BCUT2D eigenvalue weighted by molar-refractivity contribution is -0.133. The summed E-state index contributed by atoms with van der Waals surface area (Å²) in [6.45, 7) is 6.25. The highest BCUT2D eigenvalue weighted by Gasteiger charge is 2.38. The number of carbonyl (C=O) groups is 1. The van der Waals surface area contributed by atoms with Gasteiger partial charge in [-0.15, -0.1) is 0 Å². The maximum absolute atomic E-state index is 12.6. The summed E-state index contributed by atoms with van der Waals surface area (Å²) in [5, 5.41) is 6.71. The molecular weight excluding hydrogens is 224 g/mol. The maximum atomic E-state index is 12.6. The Morgan fingerprint density at radius 2 is 2.22 bits per heavy atom. The first-order chi connectivity index (χ1) is 8.70. The second-order valence-corrected chi connectivity index (χ2v) is 6.17. The molecule has 3 heteroatoms. The van der Waals surface area contributed by atoms with Crippen LogP contribution < -0.4 is 10.6 Å². The first kappa shape index (κ1) is 13.9. The largest absolute Gasteiger partial charge is 0.353 e. The highest BCUT2D eigenvalue weighted by Crippen LogP contribution is 2.35. The molecule has 2 fully saturated rings. The summed E-state index contributed by atoms with van der Waals surface area (Å²) in [7, 11) is 0. The molecule has 2 N–H and O–H groups in total. The molecule has 2 rings (SSSR count). The molecule has 0 spiro atoms. The molecule has 1 saturated carbocycles. The van der Waals surface area contributed by atoms with E-state index in [1.807, 2.05) is 0 Å². The Morgan fingerprint density at radius 3 is 2.72 bits per heavy atom. The molecule has 2 unspecified atom stereocenters. The highest BCUT2D eigenvalue weighted by molar-refractivity contribution is 5.83. The first-order valence-corrected chi connectivity index (χ1v) is 7.72. The molecule has 2 atom stereocenters. The molecule has 0 radical (unpaired) electrons. The minimum Gasteiger partial charge on any atom is -0.353 e. The number of hydrogen-bond donors (Lipinski definition) is 2. The number of hydrogen-bond acceptors (Lipinski definition) is 2. The fourth-order valence-electron chi connectivity index (χ4n) is 3.05. The van der Waals surface area contributed by atoms with Crippen molar-refractivity contribution in [1.82, 2.24) is 10.6 Å². The summed E-state index contributed by atoms with van der Waals surface area (Å²) in [5.74, 6) is 1.18. The molecule has 1 heterocycles. The van der Waals surface area contributed by atoms with Crippen molar-refractivity contribution < 1.29 is 4.79 Å². The van der Waals surface area contributed by atoms with E-state index in [0.29, 0.717) is 11.9 Å². The lowest BCUT2D eigenvalue weighted by atomic mass is 9.77. The van der Waals surface area contributed by atoms with Gasteiger partial charge in [0.05, 0.1) is 5.41 Å².